The molecule has 0 saturated carbocycles. The van der Waals surface area contributed by atoms with Crippen LogP contribution in [0.1, 0.15) is 36.5 Å². The van der Waals surface area contributed by atoms with E-state index in [2.05, 4.69) is 17.0 Å². The molecule has 156 valence electrons. The molecule has 0 aromatic heterocycles. The molecule has 1 atom stereocenters. The van der Waals surface area contributed by atoms with Crippen LogP contribution in [0.25, 0.3) is 10.8 Å². The highest BCUT2D eigenvalue weighted by Gasteiger charge is 2.43. The van der Waals surface area contributed by atoms with Crippen molar-refractivity contribution < 1.29 is 18.6 Å². The van der Waals surface area contributed by atoms with Gasteiger partial charge >= 0.3 is 0 Å². The van der Waals surface area contributed by atoms with Crippen LogP contribution in [0.3, 0.4) is 0 Å². The summed E-state index contributed by atoms with van der Waals surface area (Å²) in [5.74, 6) is -0.776. The zero-order chi connectivity index (χ0) is 20.7. The van der Waals surface area contributed by atoms with Crippen LogP contribution in [0, 0.1) is 11.6 Å². The third kappa shape index (κ3) is 3.57. The molecule has 0 bridgehead atoms. The average Bonchev–Trinajstić information content (AvgIpc) is 2.76. The minimum Gasteiger partial charge on any atom is -0.486 e. The predicted octanol–water partition coefficient (Wildman–Crippen LogP) is 5.01. The molecule has 5 heteroatoms. The fourth-order valence-electron chi connectivity index (χ4n) is 4.83. The first-order valence-electron chi connectivity index (χ1n) is 10.6. The summed E-state index contributed by atoms with van der Waals surface area (Å²) in [7, 11) is 0. The number of piperidine rings is 1. The van der Waals surface area contributed by atoms with Gasteiger partial charge in [0.05, 0.1) is 6.10 Å². The van der Waals surface area contributed by atoms with Gasteiger partial charge < -0.3 is 14.7 Å². The minimum absolute atomic E-state index is 0.352. The normalized spacial score (nSPS) is 20.8. The number of likely N-dealkylation sites (tertiary alicyclic amines) is 1. The topological polar surface area (TPSA) is 32.7 Å². The minimum atomic E-state index is -0.806. The predicted molar refractivity (Wildman–Crippen MR) is 113 cm³/mol. The zero-order valence-electron chi connectivity index (χ0n) is 16.8. The first-order valence-corrected chi connectivity index (χ1v) is 10.6. The summed E-state index contributed by atoms with van der Waals surface area (Å²) < 4.78 is 33.1. The van der Waals surface area contributed by atoms with Gasteiger partial charge in [-0.15, -0.1) is 0 Å². The Bertz CT molecular complexity index is 1080. The van der Waals surface area contributed by atoms with Crippen molar-refractivity contribution in [2.24, 2.45) is 0 Å². The fraction of sp³-hybridized carbons (Fsp3) is 0.360. The lowest BCUT2D eigenvalue weighted by Gasteiger charge is -2.46. The third-order valence-corrected chi connectivity index (χ3v) is 6.62. The monoisotopic (exact) mass is 409 g/mol. The molecule has 2 heterocycles. The maximum absolute atomic E-state index is 13.4. The van der Waals surface area contributed by atoms with Crippen molar-refractivity contribution in [3.63, 3.8) is 0 Å². The number of ether oxygens (including phenoxy) is 1. The van der Waals surface area contributed by atoms with E-state index in [1.54, 1.807) is 6.07 Å². The van der Waals surface area contributed by atoms with Gasteiger partial charge in [-0.2, -0.15) is 0 Å². The van der Waals surface area contributed by atoms with Crippen LogP contribution in [0.4, 0.5) is 8.78 Å². The number of halogens is 2. The number of aliphatic hydroxyl groups is 1. The molecule has 1 N–H and O–H groups in total. The SMILES string of the molecule is OC1CC2(CCN(CCc3ccc(F)c(F)c3)CC2)Oc2c1ccc1ccccc21. The van der Waals surface area contributed by atoms with E-state index in [-0.39, 0.29) is 5.60 Å². The molecule has 1 fully saturated rings. The summed E-state index contributed by atoms with van der Waals surface area (Å²) in [4.78, 5) is 2.33. The quantitative estimate of drug-likeness (QED) is 0.660. The van der Waals surface area contributed by atoms with Crippen LogP contribution < -0.4 is 4.74 Å². The molecule has 3 nitrogen and oxygen atoms in total. The maximum Gasteiger partial charge on any atom is 0.159 e. The molecule has 5 rings (SSSR count). The van der Waals surface area contributed by atoms with Crippen molar-refractivity contribution in [3.8, 4) is 5.75 Å². The van der Waals surface area contributed by atoms with Gasteiger partial charge in [-0.1, -0.05) is 42.5 Å². The Labute approximate surface area is 174 Å². The van der Waals surface area contributed by atoms with Crippen LogP contribution in [0.5, 0.6) is 5.75 Å². The Morgan fingerprint density at radius 1 is 1.00 bits per heavy atom. The van der Waals surface area contributed by atoms with Crippen LogP contribution in [0.15, 0.2) is 54.6 Å². The highest BCUT2D eigenvalue weighted by Crippen LogP contribution is 2.47. The lowest BCUT2D eigenvalue weighted by Crippen LogP contribution is -2.50. The summed E-state index contributed by atoms with van der Waals surface area (Å²) in [6, 6.07) is 16.3. The van der Waals surface area contributed by atoms with Gasteiger partial charge in [0, 0.05) is 37.0 Å². The number of hydrogen-bond donors (Lipinski definition) is 1. The van der Waals surface area contributed by atoms with E-state index in [1.807, 2.05) is 24.3 Å². The van der Waals surface area contributed by atoms with Gasteiger partial charge in [-0.25, -0.2) is 8.78 Å². The highest BCUT2D eigenvalue weighted by molar-refractivity contribution is 5.90. The standard InChI is InChI=1S/C25H25F2NO2/c26-21-8-5-17(15-22(21)27)9-12-28-13-10-25(11-14-28)16-23(29)20-7-6-18-3-1-2-4-19(18)24(20)30-25/h1-8,15,23,29H,9-14,16H2. The van der Waals surface area contributed by atoms with E-state index in [4.69, 9.17) is 4.74 Å². The molecular weight excluding hydrogens is 384 g/mol. The average molecular weight is 409 g/mol. The second-order valence-corrected chi connectivity index (χ2v) is 8.55. The molecule has 0 radical (unpaired) electrons. The number of fused-ring (bicyclic) bond motifs is 3. The number of benzene rings is 3. The Morgan fingerprint density at radius 3 is 2.60 bits per heavy atom. The molecule has 0 amide bonds. The Morgan fingerprint density at radius 2 is 1.80 bits per heavy atom. The van der Waals surface area contributed by atoms with E-state index < -0.39 is 17.7 Å². The molecule has 1 unspecified atom stereocenters. The van der Waals surface area contributed by atoms with Gasteiger partial charge in [-0.05, 0) is 42.3 Å². The highest BCUT2D eigenvalue weighted by atomic mass is 19.2. The first kappa shape index (κ1) is 19.5. The van der Waals surface area contributed by atoms with Crippen molar-refractivity contribution in [2.45, 2.75) is 37.4 Å². The summed E-state index contributed by atoms with van der Waals surface area (Å²) in [6.45, 7) is 2.51. The summed E-state index contributed by atoms with van der Waals surface area (Å²) in [5.41, 5.74) is 1.33. The lowest BCUT2D eigenvalue weighted by atomic mass is 9.81. The molecular formula is C25H25F2NO2. The van der Waals surface area contributed by atoms with Gasteiger partial charge in [0.2, 0.25) is 0 Å². The van der Waals surface area contributed by atoms with Crippen molar-refractivity contribution in [3.05, 3.63) is 77.4 Å². The lowest BCUT2D eigenvalue weighted by molar-refractivity contribution is -0.0525. The van der Waals surface area contributed by atoms with Crippen molar-refractivity contribution >= 4 is 10.8 Å². The Balaban J connectivity index is 1.28. The number of hydrogen-bond acceptors (Lipinski definition) is 3. The third-order valence-electron chi connectivity index (χ3n) is 6.62. The van der Waals surface area contributed by atoms with E-state index in [0.29, 0.717) is 12.8 Å². The fourth-order valence-corrected chi connectivity index (χ4v) is 4.83. The van der Waals surface area contributed by atoms with Crippen LogP contribution in [-0.2, 0) is 6.42 Å². The van der Waals surface area contributed by atoms with Gasteiger partial charge in [0.15, 0.2) is 11.6 Å². The number of nitrogens with zero attached hydrogens (tertiary/aromatic N) is 1. The first-order chi connectivity index (χ1) is 14.5. The zero-order valence-corrected chi connectivity index (χ0v) is 16.8. The molecule has 1 spiro atoms. The second kappa shape index (κ2) is 7.64. The van der Waals surface area contributed by atoms with Crippen LogP contribution in [0.2, 0.25) is 0 Å². The van der Waals surface area contributed by atoms with Crippen LogP contribution >= 0.6 is 0 Å². The Kier molecular flexibility index (Phi) is 4.95. The molecule has 2 aliphatic heterocycles. The summed E-state index contributed by atoms with van der Waals surface area (Å²) >= 11 is 0. The summed E-state index contributed by atoms with van der Waals surface area (Å²) in [5, 5.41) is 13.0. The molecule has 2 aliphatic rings. The smallest absolute Gasteiger partial charge is 0.159 e. The molecule has 0 aliphatic carbocycles. The van der Waals surface area contributed by atoms with Gasteiger partial charge in [0.25, 0.3) is 0 Å². The van der Waals surface area contributed by atoms with E-state index >= 15 is 0 Å². The number of rotatable bonds is 3. The molecule has 3 aromatic rings. The van der Waals surface area contributed by atoms with Crippen molar-refractivity contribution in [2.75, 3.05) is 19.6 Å². The van der Waals surface area contributed by atoms with E-state index in [0.717, 1.165) is 60.1 Å². The molecule has 30 heavy (non-hydrogen) atoms. The Hall–Kier alpha value is -2.50. The molecule has 1 saturated heterocycles. The van der Waals surface area contributed by atoms with Crippen molar-refractivity contribution in [1.29, 1.82) is 0 Å². The second-order valence-electron chi connectivity index (χ2n) is 8.55. The number of aliphatic hydroxyl groups excluding tert-OH is 1. The summed E-state index contributed by atoms with van der Waals surface area (Å²) in [6.07, 6.45) is 2.44. The molecule has 3 aromatic carbocycles. The van der Waals surface area contributed by atoms with Gasteiger partial charge in [-0.3, -0.25) is 0 Å². The van der Waals surface area contributed by atoms with Crippen LogP contribution in [-0.4, -0.2) is 35.2 Å². The van der Waals surface area contributed by atoms with E-state index in [9.17, 15) is 13.9 Å². The largest absolute Gasteiger partial charge is 0.486 e. The maximum atomic E-state index is 13.4. The van der Waals surface area contributed by atoms with E-state index in [1.165, 1.54) is 12.1 Å². The van der Waals surface area contributed by atoms with Gasteiger partial charge in [0.1, 0.15) is 11.4 Å². The van der Waals surface area contributed by atoms with Crippen molar-refractivity contribution in [1.82, 2.24) is 4.90 Å².